The third kappa shape index (κ3) is 0.722. The fourth-order valence-corrected chi connectivity index (χ4v) is 0.525. The monoisotopic (exact) mass is 123 g/mol. The molecule has 4 heteroatoms. The van der Waals surface area contributed by atoms with Crippen molar-refractivity contribution in [3.63, 3.8) is 0 Å². The first-order chi connectivity index (χ1) is 4.25. The minimum absolute atomic E-state index is 0.162. The van der Waals surface area contributed by atoms with Crippen LogP contribution < -0.4 is 5.73 Å². The van der Waals surface area contributed by atoms with E-state index in [0.717, 1.165) is 0 Å². The number of rotatable bonds is 0. The second-order valence-corrected chi connectivity index (χ2v) is 1.61. The van der Waals surface area contributed by atoms with Crippen molar-refractivity contribution in [3.8, 4) is 6.07 Å². The van der Waals surface area contributed by atoms with Crippen LogP contribution in [0.15, 0.2) is 4.52 Å². The van der Waals surface area contributed by atoms with Gasteiger partial charge in [-0.25, -0.2) is 0 Å². The number of hydrogen-bond acceptors (Lipinski definition) is 4. The molecule has 2 N–H and O–H groups in total. The Morgan fingerprint density at radius 3 is 2.67 bits per heavy atom. The third-order valence-electron chi connectivity index (χ3n) is 1.00. The number of aromatic nitrogens is 1. The Balaban J connectivity index is 3.27. The zero-order valence-corrected chi connectivity index (χ0v) is 4.88. The second-order valence-electron chi connectivity index (χ2n) is 1.61. The van der Waals surface area contributed by atoms with Crippen LogP contribution in [0, 0.1) is 18.3 Å². The standard InChI is InChI=1S/C5H5N3O/c1-3-4(2-6)5(7)8-9-3/h1H3,(H2,7,8). The van der Waals surface area contributed by atoms with Crippen LogP contribution in [-0.2, 0) is 0 Å². The lowest BCUT2D eigenvalue weighted by atomic mass is 10.3. The average Bonchev–Trinajstić information content (AvgIpc) is 2.12. The lowest BCUT2D eigenvalue weighted by Gasteiger charge is -1.77. The number of hydrogen-bond donors (Lipinski definition) is 1. The van der Waals surface area contributed by atoms with Gasteiger partial charge in [0.05, 0.1) is 0 Å². The number of aryl methyl sites for hydroxylation is 1. The Morgan fingerprint density at radius 1 is 1.78 bits per heavy atom. The highest BCUT2D eigenvalue weighted by Gasteiger charge is 2.06. The van der Waals surface area contributed by atoms with Gasteiger partial charge in [0, 0.05) is 0 Å². The van der Waals surface area contributed by atoms with Crippen molar-refractivity contribution < 1.29 is 4.52 Å². The third-order valence-corrected chi connectivity index (χ3v) is 1.00. The van der Waals surface area contributed by atoms with E-state index in [0.29, 0.717) is 11.3 Å². The Labute approximate surface area is 51.9 Å². The largest absolute Gasteiger partial charge is 0.380 e. The molecule has 0 aliphatic carbocycles. The molecule has 1 heterocycles. The SMILES string of the molecule is Cc1onc(N)c1C#N. The summed E-state index contributed by atoms with van der Waals surface area (Å²) in [4.78, 5) is 0. The van der Waals surface area contributed by atoms with E-state index in [-0.39, 0.29) is 5.82 Å². The first-order valence-electron chi connectivity index (χ1n) is 2.37. The zero-order chi connectivity index (χ0) is 6.85. The predicted octanol–water partition coefficient (Wildman–Crippen LogP) is 0.437. The van der Waals surface area contributed by atoms with E-state index in [2.05, 4.69) is 9.68 Å². The fraction of sp³-hybridized carbons (Fsp3) is 0.200. The molecule has 0 aliphatic rings. The van der Waals surface area contributed by atoms with Gasteiger partial charge in [0.2, 0.25) is 0 Å². The lowest BCUT2D eigenvalue weighted by molar-refractivity contribution is 0.400. The van der Waals surface area contributed by atoms with Gasteiger partial charge in [-0.15, -0.1) is 0 Å². The summed E-state index contributed by atoms with van der Waals surface area (Å²) in [6, 6.07) is 1.86. The van der Waals surface area contributed by atoms with Gasteiger partial charge in [0.25, 0.3) is 0 Å². The Hall–Kier alpha value is -1.50. The van der Waals surface area contributed by atoms with E-state index < -0.39 is 0 Å². The molecule has 4 nitrogen and oxygen atoms in total. The molecule has 0 saturated heterocycles. The number of nitrogens with zero attached hydrogens (tertiary/aromatic N) is 2. The summed E-state index contributed by atoms with van der Waals surface area (Å²) in [6.45, 7) is 1.64. The van der Waals surface area contributed by atoms with E-state index in [4.69, 9.17) is 11.0 Å². The molecule has 0 radical (unpaired) electrons. The first-order valence-corrected chi connectivity index (χ1v) is 2.37. The Bertz CT molecular complexity index is 238. The molecule has 0 spiro atoms. The van der Waals surface area contributed by atoms with E-state index in [1.165, 1.54) is 0 Å². The van der Waals surface area contributed by atoms with E-state index in [1.807, 2.05) is 6.07 Å². The summed E-state index contributed by atoms with van der Waals surface area (Å²) in [6.07, 6.45) is 0. The van der Waals surface area contributed by atoms with Gasteiger partial charge in [0.1, 0.15) is 11.6 Å². The quantitative estimate of drug-likeness (QED) is 0.543. The molecule has 0 amide bonds. The van der Waals surface area contributed by atoms with Crippen LogP contribution in [0.4, 0.5) is 5.82 Å². The van der Waals surface area contributed by atoms with E-state index in [1.54, 1.807) is 6.92 Å². The van der Waals surface area contributed by atoms with E-state index in [9.17, 15) is 0 Å². The van der Waals surface area contributed by atoms with Crippen LogP contribution in [-0.4, -0.2) is 5.16 Å². The first kappa shape index (κ1) is 5.63. The summed E-state index contributed by atoms with van der Waals surface area (Å²) in [5.41, 5.74) is 5.55. The van der Waals surface area contributed by atoms with Crippen LogP contribution >= 0.6 is 0 Å². The molecule has 0 unspecified atom stereocenters. The molecule has 1 aromatic heterocycles. The summed E-state index contributed by atoms with van der Waals surface area (Å²) < 4.78 is 4.59. The van der Waals surface area contributed by atoms with Gasteiger partial charge in [-0.05, 0) is 6.92 Å². The summed E-state index contributed by atoms with van der Waals surface area (Å²) >= 11 is 0. The van der Waals surface area contributed by atoms with Crippen molar-refractivity contribution in [2.45, 2.75) is 6.92 Å². The second kappa shape index (κ2) is 1.78. The highest BCUT2D eigenvalue weighted by molar-refractivity contribution is 5.48. The molecule has 0 atom stereocenters. The molecule has 1 aromatic rings. The molecule has 0 aromatic carbocycles. The van der Waals surface area contributed by atoms with Crippen LogP contribution in [0.1, 0.15) is 11.3 Å². The minimum Gasteiger partial charge on any atom is -0.380 e. The van der Waals surface area contributed by atoms with Gasteiger partial charge in [0.15, 0.2) is 11.6 Å². The Kier molecular flexibility index (Phi) is 1.12. The summed E-state index contributed by atoms with van der Waals surface area (Å²) in [5.74, 6) is 0.630. The van der Waals surface area contributed by atoms with Crippen molar-refractivity contribution in [1.82, 2.24) is 5.16 Å². The van der Waals surface area contributed by atoms with Crippen molar-refractivity contribution in [1.29, 1.82) is 5.26 Å². The number of anilines is 1. The average molecular weight is 123 g/mol. The fourth-order valence-electron chi connectivity index (χ4n) is 0.525. The number of nitrogen functional groups attached to an aromatic ring is 1. The van der Waals surface area contributed by atoms with Crippen molar-refractivity contribution in [2.24, 2.45) is 0 Å². The van der Waals surface area contributed by atoms with Crippen LogP contribution in [0.2, 0.25) is 0 Å². The maximum Gasteiger partial charge on any atom is 0.185 e. The van der Waals surface area contributed by atoms with Gasteiger partial charge >= 0.3 is 0 Å². The highest BCUT2D eigenvalue weighted by atomic mass is 16.5. The number of nitriles is 1. The van der Waals surface area contributed by atoms with E-state index >= 15 is 0 Å². The molecule has 0 aliphatic heterocycles. The van der Waals surface area contributed by atoms with Gasteiger partial charge in [-0.1, -0.05) is 5.16 Å². The summed E-state index contributed by atoms with van der Waals surface area (Å²) in [5, 5.41) is 11.7. The molecule has 9 heavy (non-hydrogen) atoms. The highest BCUT2D eigenvalue weighted by Crippen LogP contribution is 2.11. The van der Waals surface area contributed by atoms with Gasteiger partial charge in [-0.2, -0.15) is 5.26 Å². The van der Waals surface area contributed by atoms with Crippen LogP contribution in [0.3, 0.4) is 0 Å². The lowest BCUT2D eigenvalue weighted by Crippen LogP contribution is -1.86. The van der Waals surface area contributed by atoms with Crippen molar-refractivity contribution in [2.75, 3.05) is 5.73 Å². The van der Waals surface area contributed by atoms with Gasteiger partial charge < -0.3 is 10.3 Å². The zero-order valence-electron chi connectivity index (χ0n) is 4.88. The maximum absolute atomic E-state index is 8.36. The predicted molar refractivity (Wildman–Crippen MR) is 30.4 cm³/mol. The number of nitrogens with two attached hydrogens (primary N) is 1. The molecule has 0 fully saturated rings. The van der Waals surface area contributed by atoms with Crippen molar-refractivity contribution >= 4 is 5.82 Å². The smallest absolute Gasteiger partial charge is 0.185 e. The molecule has 0 bridgehead atoms. The molecule has 46 valence electrons. The normalized spacial score (nSPS) is 8.89. The molecule has 0 saturated carbocycles. The minimum atomic E-state index is 0.162. The van der Waals surface area contributed by atoms with Crippen LogP contribution in [0.25, 0.3) is 0 Å². The Morgan fingerprint density at radius 2 is 2.44 bits per heavy atom. The van der Waals surface area contributed by atoms with Crippen molar-refractivity contribution in [3.05, 3.63) is 11.3 Å². The van der Waals surface area contributed by atoms with Gasteiger partial charge in [-0.3, -0.25) is 0 Å². The summed E-state index contributed by atoms with van der Waals surface area (Å²) in [7, 11) is 0. The topological polar surface area (TPSA) is 75.8 Å². The molecular formula is C5H5N3O. The molecular weight excluding hydrogens is 118 g/mol. The maximum atomic E-state index is 8.36. The molecule has 1 rings (SSSR count). The van der Waals surface area contributed by atoms with Crippen LogP contribution in [0.5, 0.6) is 0 Å².